The molecule has 0 N–H and O–H groups in total. The lowest BCUT2D eigenvalue weighted by Gasteiger charge is -2.17. The Kier molecular flexibility index (Phi) is 6.18. The zero-order valence-electron chi connectivity index (χ0n) is 12.8. The Morgan fingerprint density at radius 2 is 1.57 bits per heavy atom. The van der Waals surface area contributed by atoms with E-state index in [1.807, 2.05) is 41.5 Å². The zero-order valence-corrected chi connectivity index (χ0v) is 13.5. The van der Waals surface area contributed by atoms with Crippen molar-refractivity contribution in [2.75, 3.05) is 0 Å². The standard InChI is InChI=1S/C11H19N4O.ClHO4/c1-10(2,3)9-8(13-14-12)7-15(16-9)11(4,5)6;2-1(3,4)5/h7H,1-6H3;(H,2,3,4,5)/q+1;/p-1. The summed E-state index contributed by atoms with van der Waals surface area (Å²) < 4.78 is 41.4. The molecule has 120 valence electrons. The van der Waals surface area contributed by atoms with E-state index < -0.39 is 10.2 Å². The van der Waals surface area contributed by atoms with E-state index >= 15 is 0 Å². The Bertz CT molecular complexity index is 512. The number of aromatic nitrogens is 1. The van der Waals surface area contributed by atoms with Crippen molar-refractivity contribution in [2.45, 2.75) is 52.5 Å². The lowest BCUT2D eigenvalue weighted by Crippen LogP contribution is -2.68. The first kappa shape index (κ1) is 19.7. The van der Waals surface area contributed by atoms with Crippen LogP contribution in [-0.2, 0) is 11.0 Å². The molecule has 10 heteroatoms. The molecular weight excluding hydrogens is 304 g/mol. The summed E-state index contributed by atoms with van der Waals surface area (Å²) in [5.41, 5.74) is 8.75. The SMILES string of the molecule is CC(C)(C)c1o[n+](C(C)(C)C)cc1N=[N+]=[N-].[O-][Cl+3]([O-])([O-])[O-]. The molecule has 1 aromatic heterocycles. The first-order valence-electron chi connectivity index (χ1n) is 5.90. The van der Waals surface area contributed by atoms with Crippen molar-refractivity contribution in [1.82, 2.24) is 0 Å². The van der Waals surface area contributed by atoms with Crippen LogP contribution in [0.15, 0.2) is 15.8 Å². The Balaban J connectivity index is 0.000000690. The van der Waals surface area contributed by atoms with Crippen LogP contribution in [0.25, 0.3) is 10.4 Å². The number of nitrogens with zero attached hydrogens (tertiary/aromatic N) is 4. The van der Waals surface area contributed by atoms with Crippen LogP contribution < -0.4 is 23.4 Å². The van der Waals surface area contributed by atoms with Gasteiger partial charge in [0.1, 0.15) is 0 Å². The number of hydrogen-bond acceptors (Lipinski definition) is 6. The van der Waals surface area contributed by atoms with Gasteiger partial charge >= 0.3 is 0 Å². The molecule has 0 fully saturated rings. The van der Waals surface area contributed by atoms with Crippen LogP contribution in [0.2, 0.25) is 0 Å². The molecule has 0 atom stereocenters. The van der Waals surface area contributed by atoms with E-state index in [-0.39, 0.29) is 11.0 Å². The van der Waals surface area contributed by atoms with Gasteiger partial charge in [-0.25, -0.2) is 23.2 Å². The van der Waals surface area contributed by atoms with Crippen LogP contribution in [0.1, 0.15) is 47.3 Å². The van der Waals surface area contributed by atoms with Gasteiger partial charge in [-0.3, -0.25) is 0 Å². The molecule has 0 spiro atoms. The van der Waals surface area contributed by atoms with Gasteiger partial charge in [-0.2, -0.15) is 0 Å². The molecule has 21 heavy (non-hydrogen) atoms. The van der Waals surface area contributed by atoms with Crippen molar-refractivity contribution in [1.29, 1.82) is 0 Å². The molecule has 1 rings (SSSR count). The van der Waals surface area contributed by atoms with E-state index in [1.165, 1.54) is 0 Å². The summed E-state index contributed by atoms with van der Waals surface area (Å²) in [6.45, 7) is 12.2. The molecule has 1 heterocycles. The summed E-state index contributed by atoms with van der Waals surface area (Å²) in [4.78, 5) is 2.83. The molecule has 0 unspecified atom stereocenters. The minimum absolute atomic E-state index is 0.163. The highest BCUT2D eigenvalue weighted by Crippen LogP contribution is 2.31. The largest absolute Gasteiger partial charge is 0.240 e. The fraction of sp³-hybridized carbons (Fsp3) is 0.727. The molecule has 9 nitrogen and oxygen atoms in total. The smallest absolute Gasteiger partial charge is 0.230 e. The Morgan fingerprint density at radius 3 is 1.86 bits per heavy atom. The van der Waals surface area contributed by atoms with Crippen molar-refractivity contribution in [3.63, 3.8) is 0 Å². The first-order valence-corrected chi connectivity index (χ1v) is 7.13. The quantitative estimate of drug-likeness (QED) is 0.274. The summed E-state index contributed by atoms with van der Waals surface area (Å²) in [6.07, 6.45) is 1.75. The highest BCUT2D eigenvalue weighted by atomic mass is 35.7. The summed E-state index contributed by atoms with van der Waals surface area (Å²) >= 11 is 0. The molecule has 0 aromatic carbocycles. The average Bonchev–Trinajstić information content (AvgIpc) is 2.58. The van der Waals surface area contributed by atoms with E-state index in [1.54, 1.807) is 10.9 Å². The molecule has 0 aliphatic carbocycles. The number of hydrogen-bond donors (Lipinski definition) is 0. The summed E-state index contributed by atoms with van der Waals surface area (Å²) in [7, 11) is -4.94. The fourth-order valence-electron chi connectivity index (χ4n) is 1.31. The average molecular weight is 323 g/mol. The maximum absolute atomic E-state index is 8.53. The number of azide groups is 1. The fourth-order valence-corrected chi connectivity index (χ4v) is 1.31. The number of halogens is 1. The molecule has 1 aromatic rings. The van der Waals surface area contributed by atoms with Gasteiger partial charge in [-0.15, -0.1) is 10.2 Å². The molecule has 0 aliphatic rings. The van der Waals surface area contributed by atoms with Crippen LogP contribution >= 0.6 is 0 Å². The maximum Gasteiger partial charge on any atom is 0.230 e. The molecular formula is C11H19ClN4O5. The van der Waals surface area contributed by atoms with E-state index in [0.717, 1.165) is 0 Å². The third kappa shape index (κ3) is 7.86. The van der Waals surface area contributed by atoms with Crippen molar-refractivity contribution < 1.29 is 38.1 Å². The van der Waals surface area contributed by atoms with Gasteiger partial charge in [0, 0.05) is 31.1 Å². The summed E-state index contributed by atoms with van der Waals surface area (Å²) in [5.74, 6) is 0.709. The van der Waals surface area contributed by atoms with Crippen molar-refractivity contribution in [3.8, 4) is 0 Å². The Hall–Kier alpha value is -1.35. The lowest BCUT2D eigenvalue weighted by atomic mass is 9.92. The van der Waals surface area contributed by atoms with Crippen molar-refractivity contribution >= 4 is 5.69 Å². The minimum Gasteiger partial charge on any atom is -0.240 e. The van der Waals surface area contributed by atoms with E-state index in [2.05, 4.69) is 10.0 Å². The minimum atomic E-state index is -4.94. The van der Waals surface area contributed by atoms with Crippen molar-refractivity contribution in [2.24, 2.45) is 5.11 Å². The molecule has 0 saturated heterocycles. The van der Waals surface area contributed by atoms with Crippen LogP contribution in [0.3, 0.4) is 0 Å². The van der Waals surface area contributed by atoms with Crippen LogP contribution in [0.5, 0.6) is 0 Å². The summed E-state index contributed by atoms with van der Waals surface area (Å²) in [6, 6.07) is 0. The van der Waals surface area contributed by atoms with Gasteiger partial charge in [-0.05, 0) is 10.3 Å². The molecule has 0 amide bonds. The van der Waals surface area contributed by atoms with Crippen LogP contribution in [0, 0.1) is 10.2 Å². The van der Waals surface area contributed by atoms with Gasteiger partial charge in [-0.1, -0.05) is 25.9 Å². The second-order valence-electron chi connectivity index (χ2n) is 6.25. The zero-order chi connectivity index (χ0) is 17.1. The Labute approximate surface area is 124 Å². The van der Waals surface area contributed by atoms with Gasteiger partial charge in [0.25, 0.3) is 0 Å². The van der Waals surface area contributed by atoms with E-state index in [0.29, 0.717) is 11.4 Å². The van der Waals surface area contributed by atoms with Crippen LogP contribution in [0.4, 0.5) is 5.69 Å². The molecule has 0 saturated carbocycles. The predicted octanol–water partition coefficient (Wildman–Crippen LogP) is -1.19. The molecule has 0 radical (unpaired) electrons. The second-order valence-corrected chi connectivity index (χ2v) is 7.00. The lowest BCUT2D eigenvalue weighted by molar-refractivity contribution is -2.00. The molecule has 0 aliphatic heterocycles. The van der Waals surface area contributed by atoms with Gasteiger partial charge in [0.15, 0.2) is 5.69 Å². The van der Waals surface area contributed by atoms with Gasteiger partial charge in [0.05, 0.1) is 0 Å². The van der Waals surface area contributed by atoms with E-state index in [4.69, 9.17) is 28.7 Å². The predicted molar refractivity (Wildman–Crippen MR) is 61.4 cm³/mol. The van der Waals surface area contributed by atoms with Gasteiger partial charge < -0.3 is 0 Å². The second kappa shape index (κ2) is 6.61. The topological polar surface area (TPSA) is 158 Å². The van der Waals surface area contributed by atoms with E-state index in [9.17, 15) is 0 Å². The highest BCUT2D eigenvalue weighted by Gasteiger charge is 2.33. The third-order valence-corrected chi connectivity index (χ3v) is 2.16. The van der Waals surface area contributed by atoms with Crippen molar-refractivity contribution in [3.05, 3.63) is 22.4 Å². The first-order chi connectivity index (χ1) is 9.16. The monoisotopic (exact) mass is 322 g/mol. The normalized spacial score (nSPS) is 12.3. The third-order valence-electron chi connectivity index (χ3n) is 2.16. The summed E-state index contributed by atoms with van der Waals surface area (Å²) in [5, 5.41) is 3.67. The number of rotatable bonds is 1. The van der Waals surface area contributed by atoms with Gasteiger partial charge in [0.2, 0.25) is 17.5 Å². The molecule has 0 bridgehead atoms. The van der Waals surface area contributed by atoms with Crippen LogP contribution in [-0.4, -0.2) is 0 Å². The highest BCUT2D eigenvalue weighted by molar-refractivity contribution is 5.39. The Morgan fingerprint density at radius 1 is 1.14 bits per heavy atom. The maximum atomic E-state index is 8.53.